The molecule has 1 atom stereocenters. The molecule has 0 spiro atoms. The van der Waals surface area contributed by atoms with Crippen LogP contribution in [0.4, 0.5) is 0 Å². The molecular formula is C23H20N3O+. The van der Waals surface area contributed by atoms with Gasteiger partial charge in [0.05, 0.1) is 18.1 Å². The van der Waals surface area contributed by atoms with Crippen LogP contribution in [0.1, 0.15) is 11.3 Å². The Morgan fingerprint density at radius 3 is 2.22 bits per heavy atom. The van der Waals surface area contributed by atoms with Gasteiger partial charge in [0.25, 0.3) is 0 Å². The van der Waals surface area contributed by atoms with Crippen molar-refractivity contribution < 1.29 is 9.67 Å². The second-order valence-corrected chi connectivity index (χ2v) is 6.40. The average molecular weight is 354 g/mol. The zero-order chi connectivity index (χ0) is 18.5. The van der Waals surface area contributed by atoms with Gasteiger partial charge in [0.1, 0.15) is 0 Å². The predicted octanol–water partition coefficient (Wildman–Crippen LogP) is 3.37. The van der Waals surface area contributed by atoms with Crippen LogP contribution in [0.5, 0.6) is 0 Å². The highest BCUT2D eigenvalue weighted by Crippen LogP contribution is 2.36. The van der Waals surface area contributed by atoms with Crippen LogP contribution in [0, 0.1) is 0 Å². The summed E-state index contributed by atoms with van der Waals surface area (Å²) in [5.74, 6) is 0. The maximum Gasteiger partial charge on any atom is 0.191 e. The molecule has 0 radical (unpaired) electrons. The van der Waals surface area contributed by atoms with Crippen LogP contribution in [0.3, 0.4) is 0 Å². The largest absolute Gasteiger partial charge is 0.373 e. The molecule has 2 aromatic carbocycles. The molecule has 2 heterocycles. The van der Waals surface area contributed by atoms with Gasteiger partial charge in [0.15, 0.2) is 24.5 Å². The number of pyridine rings is 1. The van der Waals surface area contributed by atoms with Crippen molar-refractivity contribution in [1.82, 2.24) is 9.97 Å². The minimum Gasteiger partial charge on any atom is -0.373 e. The number of nitrogens with zero attached hydrogens (tertiary/aromatic N) is 3. The van der Waals surface area contributed by atoms with Gasteiger partial charge in [-0.1, -0.05) is 60.7 Å². The summed E-state index contributed by atoms with van der Waals surface area (Å²) in [5.41, 5.74) is 2.18. The van der Waals surface area contributed by atoms with Gasteiger partial charge in [-0.25, -0.2) is 0 Å². The number of hydrogen-bond acceptors (Lipinski definition) is 3. The lowest BCUT2D eigenvalue weighted by molar-refractivity contribution is -0.710. The molecule has 0 bridgehead atoms. The SMILES string of the molecule is OC(C[n+]1ccncc1)(c1ccccn1)c1ccccc1-c1ccccc1. The van der Waals surface area contributed by atoms with Crippen LogP contribution in [0.25, 0.3) is 11.1 Å². The monoisotopic (exact) mass is 354 g/mol. The Morgan fingerprint density at radius 1 is 0.778 bits per heavy atom. The van der Waals surface area contributed by atoms with Crippen LogP contribution in [-0.4, -0.2) is 15.1 Å². The predicted molar refractivity (Wildman–Crippen MR) is 104 cm³/mol. The van der Waals surface area contributed by atoms with E-state index in [1.807, 2.05) is 77.6 Å². The first kappa shape index (κ1) is 17.1. The van der Waals surface area contributed by atoms with Gasteiger partial charge in [-0.05, 0) is 23.3 Å². The topological polar surface area (TPSA) is 49.9 Å². The van der Waals surface area contributed by atoms with Crippen LogP contribution in [0.15, 0.2) is 104 Å². The number of benzene rings is 2. The molecule has 0 aliphatic rings. The van der Waals surface area contributed by atoms with E-state index in [1.165, 1.54) is 0 Å². The number of aromatic nitrogens is 3. The van der Waals surface area contributed by atoms with Gasteiger partial charge in [-0.2, -0.15) is 4.57 Å². The summed E-state index contributed by atoms with van der Waals surface area (Å²) in [7, 11) is 0. The van der Waals surface area contributed by atoms with Gasteiger partial charge in [0.2, 0.25) is 0 Å². The van der Waals surface area contributed by atoms with Gasteiger partial charge in [0, 0.05) is 11.8 Å². The van der Waals surface area contributed by atoms with Gasteiger partial charge in [-0.3, -0.25) is 9.97 Å². The van der Waals surface area contributed by atoms with Gasteiger partial charge in [-0.15, -0.1) is 0 Å². The lowest BCUT2D eigenvalue weighted by Crippen LogP contribution is -2.47. The Bertz CT molecular complexity index is 1010. The lowest BCUT2D eigenvalue weighted by atomic mass is 9.84. The van der Waals surface area contributed by atoms with Crippen molar-refractivity contribution in [2.45, 2.75) is 12.1 Å². The zero-order valence-corrected chi connectivity index (χ0v) is 14.8. The molecule has 1 N–H and O–H groups in total. The highest BCUT2D eigenvalue weighted by Gasteiger charge is 2.39. The minimum atomic E-state index is -1.29. The fourth-order valence-electron chi connectivity index (χ4n) is 3.34. The molecule has 4 aromatic rings. The molecule has 4 heteroatoms. The molecule has 0 aliphatic heterocycles. The van der Waals surface area contributed by atoms with Crippen molar-refractivity contribution in [3.05, 3.63) is 115 Å². The Hall–Kier alpha value is -3.37. The van der Waals surface area contributed by atoms with E-state index in [4.69, 9.17) is 0 Å². The third-order valence-corrected chi connectivity index (χ3v) is 4.65. The molecule has 0 amide bonds. The molecule has 132 valence electrons. The number of hydrogen-bond donors (Lipinski definition) is 1. The highest BCUT2D eigenvalue weighted by molar-refractivity contribution is 5.69. The van der Waals surface area contributed by atoms with Crippen LogP contribution >= 0.6 is 0 Å². The summed E-state index contributed by atoms with van der Waals surface area (Å²) in [5, 5.41) is 11.9. The van der Waals surface area contributed by atoms with Crippen molar-refractivity contribution in [3.63, 3.8) is 0 Å². The van der Waals surface area contributed by atoms with E-state index in [9.17, 15) is 5.11 Å². The van der Waals surface area contributed by atoms with Crippen molar-refractivity contribution >= 4 is 0 Å². The molecule has 0 saturated heterocycles. The van der Waals surface area contributed by atoms with E-state index in [0.717, 1.165) is 16.7 Å². The van der Waals surface area contributed by atoms with Crippen LogP contribution in [-0.2, 0) is 12.1 Å². The Kier molecular flexibility index (Phi) is 4.73. The summed E-state index contributed by atoms with van der Waals surface area (Å²) >= 11 is 0. The molecule has 4 rings (SSSR count). The number of rotatable bonds is 5. The van der Waals surface area contributed by atoms with E-state index >= 15 is 0 Å². The maximum atomic E-state index is 11.9. The Balaban J connectivity index is 1.90. The first-order valence-corrected chi connectivity index (χ1v) is 8.85. The quantitative estimate of drug-likeness (QED) is 0.559. The molecule has 0 saturated carbocycles. The zero-order valence-electron chi connectivity index (χ0n) is 14.8. The van der Waals surface area contributed by atoms with Crippen molar-refractivity contribution in [3.8, 4) is 11.1 Å². The molecule has 0 fully saturated rings. The Labute approximate surface area is 158 Å². The van der Waals surface area contributed by atoms with E-state index < -0.39 is 5.60 Å². The second-order valence-electron chi connectivity index (χ2n) is 6.40. The molecular weight excluding hydrogens is 334 g/mol. The highest BCUT2D eigenvalue weighted by atomic mass is 16.3. The van der Waals surface area contributed by atoms with E-state index in [1.54, 1.807) is 18.6 Å². The molecule has 2 aromatic heterocycles. The van der Waals surface area contributed by atoms with Crippen LogP contribution < -0.4 is 4.57 Å². The van der Waals surface area contributed by atoms with E-state index in [0.29, 0.717) is 12.2 Å². The number of aliphatic hydroxyl groups is 1. The molecule has 27 heavy (non-hydrogen) atoms. The summed E-state index contributed by atoms with van der Waals surface area (Å²) in [6.45, 7) is 0.330. The second kappa shape index (κ2) is 7.48. The maximum absolute atomic E-state index is 11.9. The average Bonchev–Trinajstić information content (AvgIpc) is 2.76. The summed E-state index contributed by atoms with van der Waals surface area (Å²) in [4.78, 5) is 8.55. The normalized spacial score (nSPS) is 13.1. The summed E-state index contributed by atoms with van der Waals surface area (Å²) in [6.07, 6.45) is 8.82. The first-order valence-electron chi connectivity index (χ1n) is 8.85. The fraction of sp³-hybridized carbons (Fsp3) is 0.0870. The van der Waals surface area contributed by atoms with Crippen molar-refractivity contribution in [2.75, 3.05) is 0 Å². The minimum absolute atomic E-state index is 0.330. The smallest absolute Gasteiger partial charge is 0.191 e. The summed E-state index contributed by atoms with van der Waals surface area (Å²) in [6, 6.07) is 23.7. The molecule has 0 aliphatic carbocycles. The third kappa shape index (κ3) is 3.48. The Morgan fingerprint density at radius 2 is 1.48 bits per heavy atom. The van der Waals surface area contributed by atoms with Crippen LogP contribution in [0.2, 0.25) is 0 Å². The van der Waals surface area contributed by atoms with E-state index in [2.05, 4.69) is 22.1 Å². The first-order chi connectivity index (χ1) is 13.3. The van der Waals surface area contributed by atoms with E-state index in [-0.39, 0.29) is 0 Å². The molecule has 1 unspecified atom stereocenters. The van der Waals surface area contributed by atoms with Gasteiger partial charge < -0.3 is 5.11 Å². The molecule has 4 nitrogen and oxygen atoms in total. The van der Waals surface area contributed by atoms with Crippen molar-refractivity contribution in [2.24, 2.45) is 0 Å². The van der Waals surface area contributed by atoms with Gasteiger partial charge >= 0.3 is 0 Å². The summed E-state index contributed by atoms with van der Waals surface area (Å²) < 4.78 is 1.92. The van der Waals surface area contributed by atoms with Crippen molar-refractivity contribution in [1.29, 1.82) is 0 Å². The standard InChI is InChI=1S/C23H20N3O/c27-23(22-12-6-7-13-25-22,18-26-16-14-24-15-17-26)21-11-5-4-10-20(21)19-8-2-1-3-9-19/h1-17,27H,18H2/q+1. The lowest BCUT2D eigenvalue weighted by Gasteiger charge is -2.27. The third-order valence-electron chi connectivity index (χ3n) is 4.65. The fourth-order valence-corrected chi connectivity index (χ4v) is 3.34.